The lowest BCUT2D eigenvalue weighted by molar-refractivity contribution is -0.120. The van der Waals surface area contributed by atoms with Crippen molar-refractivity contribution in [2.45, 2.75) is 25.0 Å². The van der Waals surface area contributed by atoms with Crippen molar-refractivity contribution in [3.63, 3.8) is 0 Å². The van der Waals surface area contributed by atoms with E-state index >= 15 is 0 Å². The molecule has 12 heavy (non-hydrogen) atoms. The number of nitrogens with one attached hydrogen (secondary N) is 1. The van der Waals surface area contributed by atoms with E-state index in [2.05, 4.69) is 5.43 Å². The molecule has 5 heteroatoms. The predicted molar refractivity (Wildman–Crippen MR) is 52.5 cm³/mol. The first-order valence-corrected chi connectivity index (χ1v) is 5.13. The Kier molecular flexibility index (Phi) is 7.23. The third kappa shape index (κ3) is 4.58. The molecule has 0 radical (unpaired) electrons. The molecule has 0 fully saturated rings. The Morgan fingerprint density at radius 3 is 2.75 bits per heavy atom. The first-order chi connectivity index (χ1) is 5.76. The lowest BCUT2D eigenvalue weighted by atomic mass is 10.2. The van der Waals surface area contributed by atoms with E-state index < -0.39 is 0 Å². The Hall–Kier alpha value is -0.260. The summed E-state index contributed by atoms with van der Waals surface area (Å²) in [5.41, 5.74) is 7.49. The minimum Gasteiger partial charge on any atom is -0.330 e. The number of nitrogens with two attached hydrogens (primary N) is 2. The van der Waals surface area contributed by atoms with E-state index in [0.717, 1.165) is 18.6 Å². The number of carbonyl (C=O) groups is 1. The molecule has 0 aromatic rings. The standard InChI is InChI=1S/C7H17N3OS/c1-2-3-6(7(11)10-9)12-5-4-8/h6H,2-5,8-9H2,1H3,(H,10,11). The van der Waals surface area contributed by atoms with E-state index in [1.165, 1.54) is 0 Å². The molecule has 0 aliphatic rings. The van der Waals surface area contributed by atoms with Crippen LogP contribution in [0.5, 0.6) is 0 Å². The summed E-state index contributed by atoms with van der Waals surface area (Å²) in [6, 6.07) is 0. The summed E-state index contributed by atoms with van der Waals surface area (Å²) in [7, 11) is 0. The molecule has 0 aliphatic carbocycles. The van der Waals surface area contributed by atoms with E-state index in [9.17, 15) is 4.79 Å². The first-order valence-electron chi connectivity index (χ1n) is 4.08. The molecule has 5 N–H and O–H groups in total. The van der Waals surface area contributed by atoms with Gasteiger partial charge < -0.3 is 5.73 Å². The minimum absolute atomic E-state index is 0.0384. The molecule has 0 rings (SSSR count). The zero-order valence-electron chi connectivity index (χ0n) is 7.38. The molecule has 0 spiro atoms. The summed E-state index contributed by atoms with van der Waals surface area (Å²) in [5, 5.41) is -0.0384. The van der Waals surface area contributed by atoms with Crippen LogP contribution in [-0.4, -0.2) is 23.5 Å². The Morgan fingerprint density at radius 1 is 1.67 bits per heavy atom. The smallest absolute Gasteiger partial charge is 0.246 e. The van der Waals surface area contributed by atoms with Gasteiger partial charge in [-0.2, -0.15) is 0 Å². The molecule has 0 heterocycles. The third-order valence-corrected chi connectivity index (χ3v) is 2.75. The predicted octanol–water partition coefficient (Wildman–Crippen LogP) is -0.163. The van der Waals surface area contributed by atoms with Crippen molar-refractivity contribution in [3.05, 3.63) is 0 Å². The van der Waals surface area contributed by atoms with Crippen molar-refractivity contribution in [2.24, 2.45) is 11.6 Å². The van der Waals surface area contributed by atoms with Crippen molar-refractivity contribution in [2.75, 3.05) is 12.3 Å². The molecular weight excluding hydrogens is 174 g/mol. The van der Waals surface area contributed by atoms with Crippen molar-refractivity contribution < 1.29 is 4.79 Å². The molecule has 0 bridgehead atoms. The Bertz CT molecular complexity index is 132. The highest BCUT2D eigenvalue weighted by molar-refractivity contribution is 8.00. The summed E-state index contributed by atoms with van der Waals surface area (Å²) >= 11 is 1.56. The summed E-state index contributed by atoms with van der Waals surface area (Å²) in [6.45, 7) is 2.64. The summed E-state index contributed by atoms with van der Waals surface area (Å²) in [5.74, 6) is 5.73. The molecule has 1 atom stereocenters. The fourth-order valence-electron chi connectivity index (χ4n) is 0.856. The zero-order valence-corrected chi connectivity index (χ0v) is 8.19. The number of amides is 1. The molecule has 1 amide bonds. The van der Waals surface area contributed by atoms with Crippen LogP contribution < -0.4 is 17.0 Å². The highest BCUT2D eigenvalue weighted by atomic mass is 32.2. The molecule has 0 saturated carbocycles. The maximum absolute atomic E-state index is 11.1. The lowest BCUT2D eigenvalue weighted by Crippen LogP contribution is -2.37. The van der Waals surface area contributed by atoms with Gasteiger partial charge in [0.1, 0.15) is 0 Å². The zero-order chi connectivity index (χ0) is 9.40. The molecule has 4 nitrogen and oxygen atoms in total. The highest BCUT2D eigenvalue weighted by Crippen LogP contribution is 2.15. The average molecular weight is 191 g/mol. The molecular formula is C7H17N3OS. The van der Waals surface area contributed by atoms with E-state index in [-0.39, 0.29) is 11.2 Å². The monoisotopic (exact) mass is 191 g/mol. The van der Waals surface area contributed by atoms with Gasteiger partial charge in [0.25, 0.3) is 0 Å². The van der Waals surface area contributed by atoms with Gasteiger partial charge in [-0.15, -0.1) is 11.8 Å². The number of thioether (sulfide) groups is 1. The number of rotatable bonds is 6. The Balaban J connectivity index is 3.76. The number of hydrazine groups is 1. The van der Waals surface area contributed by atoms with Crippen LogP contribution in [0.25, 0.3) is 0 Å². The average Bonchev–Trinajstić information content (AvgIpc) is 2.11. The summed E-state index contributed by atoms with van der Waals surface area (Å²) in [6.07, 6.45) is 1.84. The number of hydrogen-bond donors (Lipinski definition) is 3. The van der Waals surface area contributed by atoms with Crippen molar-refractivity contribution in [1.82, 2.24) is 5.43 Å². The van der Waals surface area contributed by atoms with Crippen LogP contribution in [0.4, 0.5) is 0 Å². The topological polar surface area (TPSA) is 81.1 Å². The lowest BCUT2D eigenvalue weighted by Gasteiger charge is -2.12. The highest BCUT2D eigenvalue weighted by Gasteiger charge is 2.15. The first kappa shape index (κ1) is 11.7. The molecule has 0 aromatic carbocycles. The van der Waals surface area contributed by atoms with Gasteiger partial charge in [-0.25, -0.2) is 5.84 Å². The molecule has 0 saturated heterocycles. The number of hydrogen-bond acceptors (Lipinski definition) is 4. The van der Waals surface area contributed by atoms with Gasteiger partial charge in [0.2, 0.25) is 5.91 Å². The summed E-state index contributed by atoms with van der Waals surface area (Å²) in [4.78, 5) is 11.1. The van der Waals surface area contributed by atoms with Gasteiger partial charge in [-0.1, -0.05) is 13.3 Å². The van der Waals surface area contributed by atoms with Crippen LogP contribution in [0.3, 0.4) is 0 Å². The van der Waals surface area contributed by atoms with Crippen molar-refractivity contribution in [3.8, 4) is 0 Å². The third-order valence-electron chi connectivity index (χ3n) is 1.42. The van der Waals surface area contributed by atoms with Crippen LogP contribution in [0.1, 0.15) is 19.8 Å². The molecule has 0 aliphatic heterocycles. The minimum atomic E-state index is -0.102. The van der Waals surface area contributed by atoms with E-state index in [4.69, 9.17) is 11.6 Å². The van der Waals surface area contributed by atoms with E-state index in [0.29, 0.717) is 6.54 Å². The fourth-order valence-corrected chi connectivity index (χ4v) is 1.90. The normalized spacial score (nSPS) is 12.6. The van der Waals surface area contributed by atoms with Gasteiger partial charge in [0, 0.05) is 12.3 Å². The van der Waals surface area contributed by atoms with Gasteiger partial charge in [-0.3, -0.25) is 10.2 Å². The molecule has 1 unspecified atom stereocenters. The Morgan fingerprint density at radius 2 is 2.33 bits per heavy atom. The van der Waals surface area contributed by atoms with Crippen LogP contribution in [0, 0.1) is 0 Å². The fraction of sp³-hybridized carbons (Fsp3) is 0.857. The SMILES string of the molecule is CCCC(SCCN)C(=O)NN. The second-order valence-electron chi connectivity index (χ2n) is 2.45. The van der Waals surface area contributed by atoms with Gasteiger partial charge in [-0.05, 0) is 6.42 Å². The van der Waals surface area contributed by atoms with Crippen LogP contribution in [0.2, 0.25) is 0 Å². The maximum Gasteiger partial charge on any atom is 0.246 e. The van der Waals surface area contributed by atoms with Crippen LogP contribution >= 0.6 is 11.8 Å². The molecule has 0 aromatic heterocycles. The second-order valence-corrected chi connectivity index (χ2v) is 3.76. The van der Waals surface area contributed by atoms with Crippen molar-refractivity contribution >= 4 is 17.7 Å². The van der Waals surface area contributed by atoms with Gasteiger partial charge in [0.15, 0.2) is 0 Å². The quantitative estimate of drug-likeness (QED) is 0.309. The van der Waals surface area contributed by atoms with Crippen molar-refractivity contribution in [1.29, 1.82) is 0 Å². The van der Waals surface area contributed by atoms with Crippen LogP contribution in [-0.2, 0) is 4.79 Å². The van der Waals surface area contributed by atoms with E-state index in [1.54, 1.807) is 11.8 Å². The number of carbonyl (C=O) groups excluding carboxylic acids is 1. The Labute approximate surface area is 77.4 Å². The second kappa shape index (κ2) is 7.39. The largest absolute Gasteiger partial charge is 0.330 e. The maximum atomic E-state index is 11.1. The van der Waals surface area contributed by atoms with Gasteiger partial charge in [0.05, 0.1) is 5.25 Å². The summed E-state index contributed by atoms with van der Waals surface area (Å²) < 4.78 is 0. The van der Waals surface area contributed by atoms with Gasteiger partial charge >= 0.3 is 0 Å². The van der Waals surface area contributed by atoms with Crippen LogP contribution in [0.15, 0.2) is 0 Å². The van der Waals surface area contributed by atoms with E-state index in [1.807, 2.05) is 6.92 Å². The molecule has 72 valence electrons.